The van der Waals surface area contributed by atoms with Crippen molar-refractivity contribution in [3.8, 4) is 0 Å². The van der Waals surface area contributed by atoms with E-state index < -0.39 is 5.41 Å². The van der Waals surface area contributed by atoms with Crippen molar-refractivity contribution >= 4 is 12.2 Å². The van der Waals surface area contributed by atoms with E-state index >= 15 is 0 Å². The molecule has 0 saturated heterocycles. The zero-order valence-electron chi connectivity index (χ0n) is 27.8. The summed E-state index contributed by atoms with van der Waals surface area (Å²) in [7, 11) is 0. The van der Waals surface area contributed by atoms with Crippen molar-refractivity contribution in [2.45, 2.75) is 187 Å². The molecule has 2 N–H and O–H groups in total. The summed E-state index contributed by atoms with van der Waals surface area (Å²) in [6.07, 6.45) is 22.2. The van der Waals surface area contributed by atoms with Crippen LogP contribution in [0.25, 0.3) is 0 Å². The molecular formula is C35H65N3O4. The second-order valence-electron chi connectivity index (χ2n) is 14.4. The number of aliphatic hydroxyl groups is 2. The fourth-order valence-corrected chi connectivity index (χ4v) is 7.65. The number of rotatable bonds is 10. The number of hydrogen-bond donors (Lipinski definition) is 2. The molecule has 0 aliphatic heterocycles. The summed E-state index contributed by atoms with van der Waals surface area (Å²) in [4.78, 5) is 15.2. The average Bonchev–Trinajstić information content (AvgIpc) is 3.01. The normalized spacial score (nSPS) is 31.4. The van der Waals surface area contributed by atoms with Gasteiger partial charge in [-0.2, -0.15) is 5.10 Å². The molecule has 0 amide bonds. The molecule has 4 saturated carbocycles. The third-order valence-corrected chi connectivity index (χ3v) is 10.2. The van der Waals surface area contributed by atoms with Gasteiger partial charge >= 0.3 is 5.97 Å². The lowest BCUT2D eigenvalue weighted by molar-refractivity contribution is -0.160. The topological polar surface area (TPSA) is 85.6 Å². The van der Waals surface area contributed by atoms with Crippen LogP contribution < -0.4 is 0 Å². The highest BCUT2D eigenvalue weighted by Crippen LogP contribution is 2.35. The molecule has 0 aromatic carbocycles. The van der Waals surface area contributed by atoms with E-state index in [1.165, 1.54) is 57.8 Å². The number of hydrogen-bond acceptors (Lipinski definition) is 7. The molecule has 0 heterocycles. The standard InChI is InChI=1S/C33H59N3O4.C2H6/c1-33(2,3)32(39)40-31-20-16-29(17-21-31)36(28-14-18-30(38)19-15-28)34-24-25-10-12-27(13-11-25)35(22-7-23-37)26-8-5-4-6-9-26;1-2/h24-31,37-38H,4-23H2,1-3H3;1-2H3. The van der Waals surface area contributed by atoms with Crippen LogP contribution in [0.4, 0.5) is 0 Å². The average molecular weight is 592 g/mol. The van der Waals surface area contributed by atoms with E-state index in [0.29, 0.717) is 36.7 Å². The van der Waals surface area contributed by atoms with E-state index in [1.807, 2.05) is 34.6 Å². The van der Waals surface area contributed by atoms with Gasteiger partial charge in [-0.05, 0) is 123 Å². The molecule has 42 heavy (non-hydrogen) atoms. The predicted octanol–water partition coefficient (Wildman–Crippen LogP) is 7.08. The first-order chi connectivity index (χ1) is 20.2. The third kappa shape index (κ3) is 10.8. The lowest BCUT2D eigenvalue weighted by Crippen LogP contribution is -2.47. The SMILES string of the molecule is CC.CC(C)(C)C(=O)OC1CCC(N(N=CC2CCC(N(CCCO)C3CCCCC3)CC2)C2CCC(O)CC2)CC1. The Bertz CT molecular complexity index is 770. The Hall–Kier alpha value is -1.18. The van der Waals surface area contributed by atoms with Gasteiger partial charge < -0.3 is 14.9 Å². The van der Waals surface area contributed by atoms with Crippen LogP contribution in [0.5, 0.6) is 0 Å². The lowest BCUT2D eigenvalue weighted by Gasteiger charge is -2.43. The van der Waals surface area contributed by atoms with Crippen LogP contribution in [0.1, 0.15) is 150 Å². The highest BCUT2D eigenvalue weighted by molar-refractivity contribution is 5.75. The Labute approximate surface area is 257 Å². The molecule has 244 valence electrons. The highest BCUT2D eigenvalue weighted by atomic mass is 16.5. The molecule has 7 heteroatoms. The molecular weight excluding hydrogens is 526 g/mol. The quantitative estimate of drug-likeness (QED) is 0.160. The van der Waals surface area contributed by atoms with Crippen molar-refractivity contribution < 1.29 is 19.7 Å². The monoisotopic (exact) mass is 591 g/mol. The van der Waals surface area contributed by atoms with E-state index in [1.54, 1.807) is 0 Å². The van der Waals surface area contributed by atoms with Crippen molar-refractivity contribution in [3.63, 3.8) is 0 Å². The molecule has 7 nitrogen and oxygen atoms in total. The van der Waals surface area contributed by atoms with E-state index in [2.05, 4.69) is 16.1 Å². The molecule has 4 rings (SSSR count). The molecule has 0 spiro atoms. The van der Waals surface area contributed by atoms with Crippen LogP contribution in [0.15, 0.2) is 5.10 Å². The van der Waals surface area contributed by atoms with Crippen LogP contribution in [0.3, 0.4) is 0 Å². The molecule has 4 aliphatic carbocycles. The summed E-state index contributed by atoms with van der Waals surface area (Å²) in [5.41, 5.74) is -0.457. The summed E-state index contributed by atoms with van der Waals surface area (Å²) in [5.74, 6) is 0.434. The Morgan fingerprint density at radius 2 is 1.31 bits per heavy atom. The van der Waals surface area contributed by atoms with E-state index in [4.69, 9.17) is 9.84 Å². The van der Waals surface area contributed by atoms with Gasteiger partial charge in [-0.25, -0.2) is 0 Å². The summed E-state index contributed by atoms with van der Waals surface area (Å²) >= 11 is 0. The van der Waals surface area contributed by atoms with Gasteiger partial charge in [0.25, 0.3) is 0 Å². The maximum absolute atomic E-state index is 12.4. The number of aliphatic hydroxyl groups excluding tert-OH is 2. The molecule has 0 atom stereocenters. The molecule has 0 unspecified atom stereocenters. The first-order valence-corrected chi connectivity index (χ1v) is 17.8. The minimum Gasteiger partial charge on any atom is -0.462 e. The molecule has 4 aliphatic rings. The molecule has 0 bridgehead atoms. The Morgan fingerprint density at radius 3 is 1.86 bits per heavy atom. The fraction of sp³-hybridized carbons (Fsp3) is 0.943. The second kappa shape index (κ2) is 17.9. The van der Waals surface area contributed by atoms with Crippen LogP contribution in [0.2, 0.25) is 0 Å². The van der Waals surface area contributed by atoms with Crippen molar-refractivity contribution in [2.24, 2.45) is 16.4 Å². The van der Waals surface area contributed by atoms with Gasteiger partial charge in [0.1, 0.15) is 6.10 Å². The van der Waals surface area contributed by atoms with Crippen LogP contribution >= 0.6 is 0 Å². The van der Waals surface area contributed by atoms with E-state index in [0.717, 1.165) is 64.3 Å². The second-order valence-corrected chi connectivity index (χ2v) is 14.4. The zero-order chi connectivity index (χ0) is 30.5. The minimum atomic E-state index is -0.457. The van der Waals surface area contributed by atoms with Crippen LogP contribution in [0, 0.1) is 11.3 Å². The minimum absolute atomic E-state index is 0.0233. The maximum atomic E-state index is 12.4. The molecule has 0 radical (unpaired) electrons. The van der Waals surface area contributed by atoms with Gasteiger partial charge in [-0.1, -0.05) is 33.1 Å². The lowest BCUT2D eigenvalue weighted by atomic mass is 9.84. The Morgan fingerprint density at radius 1 is 0.786 bits per heavy atom. The summed E-state index contributed by atoms with van der Waals surface area (Å²) < 4.78 is 5.85. The first-order valence-electron chi connectivity index (χ1n) is 17.8. The van der Waals surface area contributed by atoms with Gasteiger partial charge in [0, 0.05) is 43.5 Å². The van der Waals surface area contributed by atoms with Crippen molar-refractivity contribution in [1.82, 2.24) is 9.91 Å². The molecule has 4 fully saturated rings. The number of ether oxygens (including phenoxy) is 1. The summed E-state index contributed by atoms with van der Waals surface area (Å²) in [5, 5.41) is 27.3. The third-order valence-electron chi connectivity index (χ3n) is 10.2. The summed E-state index contributed by atoms with van der Waals surface area (Å²) in [6.45, 7) is 11.1. The Kier molecular flexibility index (Phi) is 15.1. The zero-order valence-corrected chi connectivity index (χ0v) is 27.8. The number of carbonyl (C=O) groups is 1. The predicted molar refractivity (Wildman–Crippen MR) is 173 cm³/mol. The van der Waals surface area contributed by atoms with Gasteiger partial charge in [-0.3, -0.25) is 14.7 Å². The number of esters is 1. The van der Waals surface area contributed by atoms with Gasteiger partial charge in [0.05, 0.1) is 11.5 Å². The molecule has 0 aromatic rings. The van der Waals surface area contributed by atoms with E-state index in [9.17, 15) is 15.0 Å². The maximum Gasteiger partial charge on any atom is 0.311 e. The molecule has 0 aromatic heterocycles. The Balaban J connectivity index is 0.00000237. The van der Waals surface area contributed by atoms with Crippen molar-refractivity contribution in [3.05, 3.63) is 0 Å². The first kappa shape index (κ1) is 35.3. The van der Waals surface area contributed by atoms with Gasteiger partial charge in [0.2, 0.25) is 0 Å². The number of carbonyl (C=O) groups excluding carboxylic acids is 1. The highest BCUT2D eigenvalue weighted by Gasteiger charge is 2.35. The van der Waals surface area contributed by atoms with Gasteiger partial charge in [0.15, 0.2) is 0 Å². The van der Waals surface area contributed by atoms with Crippen LogP contribution in [-0.2, 0) is 9.53 Å². The fourth-order valence-electron chi connectivity index (χ4n) is 7.65. The van der Waals surface area contributed by atoms with Crippen molar-refractivity contribution in [2.75, 3.05) is 13.2 Å². The largest absolute Gasteiger partial charge is 0.462 e. The summed E-state index contributed by atoms with van der Waals surface area (Å²) in [6, 6.07) is 2.15. The smallest absolute Gasteiger partial charge is 0.311 e. The van der Waals surface area contributed by atoms with Crippen molar-refractivity contribution in [1.29, 1.82) is 0 Å². The number of nitrogens with zero attached hydrogens (tertiary/aromatic N) is 3. The van der Waals surface area contributed by atoms with Gasteiger partial charge in [-0.15, -0.1) is 0 Å². The number of hydrazone groups is 1. The van der Waals surface area contributed by atoms with Crippen LogP contribution in [-0.4, -0.2) is 81.8 Å². The van der Waals surface area contributed by atoms with E-state index in [-0.39, 0.29) is 18.2 Å².